The van der Waals surface area contributed by atoms with Crippen LogP contribution >= 0.6 is 0 Å². The molecule has 0 saturated heterocycles. The molecule has 2 saturated carbocycles. The van der Waals surface area contributed by atoms with Gasteiger partial charge in [0.1, 0.15) is 6.10 Å². The monoisotopic (exact) mass is 312 g/mol. The first-order valence-corrected chi connectivity index (χ1v) is 7.40. The van der Waals surface area contributed by atoms with E-state index in [0.717, 1.165) is 18.4 Å². The molecular formula is C16H18F2O4. The van der Waals surface area contributed by atoms with Crippen molar-refractivity contribution in [2.24, 2.45) is 5.92 Å². The van der Waals surface area contributed by atoms with Crippen LogP contribution in [-0.2, 0) is 9.53 Å². The fourth-order valence-electron chi connectivity index (χ4n) is 2.68. The van der Waals surface area contributed by atoms with E-state index in [2.05, 4.69) is 9.47 Å². The maximum atomic E-state index is 12.5. The lowest BCUT2D eigenvalue weighted by molar-refractivity contribution is -0.151. The zero-order valence-corrected chi connectivity index (χ0v) is 12.3. The van der Waals surface area contributed by atoms with Gasteiger partial charge < -0.3 is 14.2 Å². The minimum atomic E-state index is -2.89. The number of benzene rings is 1. The quantitative estimate of drug-likeness (QED) is 0.754. The lowest BCUT2D eigenvalue weighted by atomic mass is 9.82. The molecule has 22 heavy (non-hydrogen) atoms. The van der Waals surface area contributed by atoms with Crippen LogP contribution in [0.2, 0.25) is 0 Å². The fourth-order valence-corrected chi connectivity index (χ4v) is 2.68. The second-order valence-electron chi connectivity index (χ2n) is 5.79. The molecule has 0 amide bonds. The Morgan fingerprint density at radius 3 is 2.55 bits per heavy atom. The van der Waals surface area contributed by atoms with Gasteiger partial charge in [-0.05, 0) is 49.3 Å². The summed E-state index contributed by atoms with van der Waals surface area (Å²) in [6.07, 6.45) is 3.13. The minimum Gasteiger partial charge on any atom is -0.486 e. The zero-order chi connectivity index (χ0) is 15.7. The van der Waals surface area contributed by atoms with E-state index in [4.69, 9.17) is 4.74 Å². The molecule has 0 atom stereocenters. The maximum Gasteiger partial charge on any atom is 0.387 e. The molecule has 1 aromatic carbocycles. The first-order valence-electron chi connectivity index (χ1n) is 7.40. The summed E-state index contributed by atoms with van der Waals surface area (Å²) in [5.41, 5.74) is 1.08. The third-order valence-corrected chi connectivity index (χ3v) is 4.16. The van der Waals surface area contributed by atoms with Gasteiger partial charge in [0.2, 0.25) is 0 Å². The van der Waals surface area contributed by atoms with E-state index in [0.29, 0.717) is 24.5 Å². The number of halogens is 2. The third kappa shape index (κ3) is 3.31. The Hall–Kier alpha value is -1.85. The van der Waals surface area contributed by atoms with Crippen molar-refractivity contribution in [3.63, 3.8) is 0 Å². The van der Waals surface area contributed by atoms with E-state index >= 15 is 0 Å². The molecule has 0 aliphatic heterocycles. The largest absolute Gasteiger partial charge is 0.486 e. The number of hydrogen-bond acceptors (Lipinski definition) is 4. The van der Waals surface area contributed by atoms with Gasteiger partial charge in [-0.3, -0.25) is 4.79 Å². The van der Waals surface area contributed by atoms with Gasteiger partial charge in [-0.2, -0.15) is 8.78 Å². The Morgan fingerprint density at radius 1 is 1.23 bits per heavy atom. The molecule has 2 fully saturated rings. The molecule has 0 N–H and O–H groups in total. The Labute approximate surface area is 127 Å². The van der Waals surface area contributed by atoms with Crippen LogP contribution in [0.3, 0.4) is 0 Å². The number of carbonyl (C=O) groups is 1. The van der Waals surface area contributed by atoms with Gasteiger partial charge in [0.15, 0.2) is 11.5 Å². The second-order valence-corrected chi connectivity index (χ2v) is 5.79. The van der Waals surface area contributed by atoms with Crippen LogP contribution in [-0.4, -0.2) is 25.8 Å². The van der Waals surface area contributed by atoms with Gasteiger partial charge in [-0.1, -0.05) is 6.07 Å². The molecule has 4 nitrogen and oxygen atoms in total. The van der Waals surface area contributed by atoms with Crippen LogP contribution in [0, 0.1) is 5.92 Å². The summed E-state index contributed by atoms with van der Waals surface area (Å²) in [5, 5.41) is 0. The first kappa shape index (κ1) is 15.1. The van der Waals surface area contributed by atoms with Crippen LogP contribution in [0.25, 0.3) is 0 Å². The predicted molar refractivity (Wildman–Crippen MR) is 74.2 cm³/mol. The number of methoxy groups -OCH3 is 1. The van der Waals surface area contributed by atoms with Gasteiger partial charge >= 0.3 is 12.6 Å². The fraction of sp³-hybridized carbons (Fsp3) is 0.562. The molecule has 0 unspecified atom stereocenters. The number of carbonyl (C=O) groups excluding carboxylic acids is 1. The third-order valence-electron chi connectivity index (χ3n) is 4.16. The van der Waals surface area contributed by atoms with E-state index in [9.17, 15) is 13.6 Å². The summed E-state index contributed by atoms with van der Waals surface area (Å²) in [6, 6.07) is 5.12. The molecule has 2 aliphatic carbocycles. The summed E-state index contributed by atoms with van der Waals surface area (Å²) >= 11 is 0. The van der Waals surface area contributed by atoms with Gasteiger partial charge in [-0.15, -0.1) is 0 Å². The SMILES string of the molecule is COC(=O)C1CC(Oc2cc(C3CC3)ccc2OC(F)F)C1. The van der Waals surface area contributed by atoms with Crippen molar-refractivity contribution in [2.75, 3.05) is 7.11 Å². The molecule has 1 aromatic rings. The highest BCUT2D eigenvalue weighted by atomic mass is 19.3. The van der Waals surface area contributed by atoms with Crippen LogP contribution in [0.15, 0.2) is 18.2 Å². The van der Waals surface area contributed by atoms with E-state index in [1.165, 1.54) is 13.2 Å². The van der Waals surface area contributed by atoms with Crippen LogP contribution in [0.1, 0.15) is 37.2 Å². The molecule has 3 rings (SSSR count). The van der Waals surface area contributed by atoms with Crippen LogP contribution in [0.4, 0.5) is 8.78 Å². The molecule has 6 heteroatoms. The highest BCUT2D eigenvalue weighted by Gasteiger charge is 2.37. The second kappa shape index (κ2) is 6.10. The van der Waals surface area contributed by atoms with Crippen LogP contribution in [0.5, 0.6) is 11.5 Å². The average Bonchev–Trinajstić information content (AvgIpc) is 3.27. The van der Waals surface area contributed by atoms with Crippen molar-refractivity contribution < 1.29 is 27.8 Å². The number of rotatable bonds is 6. The van der Waals surface area contributed by atoms with Crippen molar-refractivity contribution in [3.05, 3.63) is 23.8 Å². The Kier molecular flexibility index (Phi) is 4.18. The summed E-state index contributed by atoms with van der Waals surface area (Å²) < 4.78 is 39.9. The Balaban J connectivity index is 1.68. The topological polar surface area (TPSA) is 44.8 Å². The van der Waals surface area contributed by atoms with E-state index in [-0.39, 0.29) is 23.7 Å². The first-order chi connectivity index (χ1) is 10.6. The molecular weight excluding hydrogens is 294 g/mol. The molecule has 0 aromatic heterocycles. The van der Waals surface area contributed by atoms with E-state index < -0.39 is 6.61 Å². The van der Waals surface area contributed by atoms with Gasteiger partial charge in [-0.25, -0.2) is 0 Å². The number of alkyl halides is 2. The lowest BCUT2D eigenvalue weighted by Crippen LogP contribution is -2.38. The van der Waals surface area contributed by atoms with Crippen molar-refractivity contribution in [2.45, 2.75) is 44.3 Å². The van der Waals surface area contributed by atoms with E-state index in [1.807, 2.05) is 0 Å². The lowest BCUT2D eigenvalue weighted by Gasteiger charge is -2.33. The Bertz CT molecular complexity index is 551. The minimum absolute atomic E-state index is 0.0425. The van der Waals surface area contributed by atoms with Crippen molar-refractivity contribution >= 4 is 5.97 Å². The summed E-state index contributed by atoms with van der Waals surface area (Å²) in [6.45, 7) is -2.89. The molecule has 0 radical (unpaired) electrons. The highest BCUT2D eigenvalue weighted by Crippen LogP contribution is 2.44. The summed E-state index contributed by atoms with van der Waals surface area (Å²) in [4.78, 5) is 11.4. The van der Waals surface area contributed by atoms with Gasteiger partial charge in [0.05, 0.1) is 13.0 Å². The van der Waals surface area contributed by atoms with Gasteiger partial charge in [0.25, 0.3) is 0 Å². The number of esters is 1. The number of hydrogen-bond donors (Lipinski definition) is 0. The molecule has 2 aliphatic rings. The van der Waals surface area contributed by atoms with Crippen molar-refractivity contribution in [3.8, 4) is 11.5 Å². The van der Waals surface area contributed by atoms with Gasteiger partial charge in [0, 0.05) is 0 Å². The zero-order valence-electron chi connectivity index (χ0n) is 12.3. The van der Waals surface area contributed by atoms with Crippen molar-refractivity contribution in [1.29, 1.82) is 0 Å². The maximum absolute atomic E-state index is 12.5. The summed E-state index contributed by atoms with van der Waals surface area (Å²) in [5.74, 6) is 0.447. The highest BCUT2D eigenvalue weighted by molar-refractivity contribution is 5.73. The molecule has 0 bridgehead atoms. The van der Waals surface area contributed by atoms with Crippen molar-refractivity contribution in [1.82, 2.24) is 0 Å². The molecule has 120 valence electrons. The Morgan fingerprint density at radius 2 is 1.95 bits per heavy atom. The number of ether oxygens (including phenoxy) is 3. The average molecular weight is 312 g/mol. The molecule has 0 heterocycles. The smallest absolute Gasteiger partial charge is 0.387 e. The van der Waals surface area contributed by atoms with E-state index in [1.54, 1.807) is 12.1 Å². The van der Waals surface area contributed by atoms with Crippen LogP contribution < -0.4 is 9.47 Å². The molecule has 0 spiro atoms. The standard InChI is InChI=1S/C16H18F2O4/c1-20-15(19)11-6-12(7-11)21-14-8-10(9-2-3-9)4-5-13(14)22-16(17)18/h4-5,8-9,11-12,16H,2-3,6-7H2,1H3. The predicted octanol–water partition coefficient (Wildman–Crippen LogP) is 3.50. The normalized spacial score (nSPS) is 23.8. The summed E-state index contributed by atoms with van der Waals surface area (Å²) in [7, 11) is 1.35.